The molecule has 2 atom stereocenters. The first-order chi connectivity index (χ1) is 13.0. The van der Waals surface area contributed by atoms with Crippen molar-refractivity contribution in [2.24, 2.45) is 7.05 Å². The normalized spacial score (nSPS) is 22.3. The summed E-state index contributed by atoms with van der Waals surface area (Å²) in [5, 5.41) is 19.0. The highest BCUT2D eigenvalue weighted by Crippen LogP contribution is 2.48. The van der Waals surface area contributed by atoms with E-state index in [1.165, 1.54) is 4.90 Å². The van der Waals surface area contributed by atoms with Gasteiger partial charge in [0.2, 0.25) is 0 Å². The summed E-state index contributed by atoms with van der Waals surface area (Å²) in [5.41, 5.74) is 2.83. The Morgan fingerprint density at radius 3 is 2.96 bits per heavy atom. The number of hydrogen-bond donors (Lipinski definition) is 2. The first-order valence-electron chi connectivity index (χ1n) is 8.84. The van der Waals surface area contributed by atoms with Crippen LogP contribution in [0.1, 0.15) is 41.0 Å². The quantitative estimate of drug-likeness (QED) is 0.721. The fourth-order valence-corrected chi connectivity index (χ4v) is 5.77. The summed E-state index contributed by atoms with van der Waals surface area (Å²) in [7, 11) is 1.89. The van der Waals surface area contributed by atoms with Crippen LogP contribution in [0.4, 0.5) is 10.6 Å². The van der Waals surface area contributed by atoms with Crippen LogP contribution in [-0.4, -0.2) is 44.7 Å². The van der Waals surface area contributed by atoms with E-state index in [2.05, 4.69) is 5.32 Å². The van der Waals surface area contributed by atoms with Crippen molar-refractivity contribution < 1.29 is 9.90 Å². The van der Waals surface area contributed by atoms with Gasteiger partial charge in [0.05, 0.1) is 17.0 Å². The third-order valence-electron chi connectivity index (χ3n) is 5.11. The van der Waals surface area contributed by atoms with Crippen LogP contribution in [0.15, 0.2) is 18.2 Å². The minimum Gasteiger partial charge on any atom is -0.465 e. The molecule has 1 amide bonds. The Bertz CT molecular complexity index is 888. The fourth-order valence-electron chi connectivity index (χ4n) is 3.94. The number of benzene rings is 1. The average Bonchev–Trinajstić information content (AvgIpc) is 3.15. The molecule has 1 saturated heterocycles. The van der Waals surface area contributed by atoms with Gasteiger partial charge in [-0.3, -0.25) is 9.58 Å². The van der Waals surface area contributed by atoms with Crippen molar-refractivity contribution in [1.82, 2.24) is 14.7 Å². The van der Waals surface area contributed by atoms with Crippen molar-refractivity contribution in [2.45, 2.75) is 24.1 Å². The number of anilines is 1. The molecule has 144 valence electrons. The predicted molar refractivity (Wildman–Crippen MR) is 109 cm³/mol. The van der Waals surface area contributed by atoms with Crippen LogP contribution >= 0.6 is 35.0 Å². The number of aromatic nitrogens is 2. The highest BCUT2D eigenvalue weighted by molar-refractivity contribution is 7.99. The Hall–Kier alpha value is -1.57. The topological polar surface area (TPSA) is 70.4 Å². The summed E-state index contributed by atoms with van der Waals surface area (Å²) < 4.78 is 1.83. The number of carboxylic acid groups (broad SMARTS) is 1. The number of nitrogens with zero attached hydrogens (tertiary/aromatic N) is 3. The van der Waals surface area contributed by atoms with Gasteiger partial charge in [0.25, 0.3) is 0 Å². The van der Waals surface area contributed by atoms with Crippen LogP contribution in [-0.2, 0) is 7.05 Å². The molecule has 2 N–H and O–H groups in total. The van der Waals surface area contributed by atoms with E-state index in [0.29, 0.717) is 16.6 Å². The molecule has 0 aliphatic carbocycles. The number of hydrogen-bond acceptors (Lipinski definition) is 4. The van der Waals surface area contributed by atoms with Gasteiger partial charge in [0, 0.05) is 41.5 Å². The molecule has 4 rings (SSSR count). The maximum Gasteiger partial charge on any atom is 0.407 e. The smallest absolute Gasteiger partial charge is 0.407 e. The first kappa shape index (κ1) is 18.8. The van der Waals surface area contributed by atoms with Crippen molar-refractivity contribution in [3.05, 3.63) is 45.1 Å². The first-order valence-corrected chi connectivity index (χ1v) is 10.6. The van der Waals surface area contributed by atoms with Gasteiger partial charge in [-0.15, -0.1) is 11.8 Å². The standard InChI is InChI=1S/C18H20Cl2N4O2S/c1-23-17-14(15(22-23)13-3-2-7-24(13)18(25)26)16(27-8-6-21-17)11-5-4-10(19)9-12(11)20/h4-5,9,13,16,21H,2-3,6-8H2,1H3,(H,25,26)/t13-,16?/m0/s1. The minimum atomic E-state index is -0.896. The molecule has 1 aromatic carbocycles. The summed E-state index contributed by atoms with van der Waals surface area (Å²) in [5.74, 6) is 1.84. The Balaban J connectivity index is 1.86. The Kier molecular flexibility index (Phi) is 5.18. The van der Waals surface area contributed by atoms with E-state index in [-0.39, 0.29) is 11.3 Å². The zero-order chi connectivity index (χ0) is 19.1. The van der Waals surface area contributed by atoms with Crippen LogP contribution in [0.5, 0.6) is 0 Å². The van der Waals surface area contributed by atoms with E-state index in [1.54, 1.807) is 17.8 Å². The fraction of sp³-hybridized carbons (Fsp3) is 0.444. The Labute approximate surface area is 171 Å². The molecule has 2 aliphatic heterocycles. The van der Waals surface area contributed by atoms with Gasteiger partial charge < -0.3 is 10.4 Å². The van der Waals surface area contributed by atoms with Crippen molar-refractivity contribution in [2.75, 3.05) is 24.2 Å². The number of thioether (sulfide) groups is 1. The lowest BCUT2D eigenvalue weighted by Gasteiger charge is -2.24. The number of halogens is 2. The predicted octanol–water partition coefficient (Wildman–Crippen LogP) is 4.79. The molecule has 1 aromatic heterocycles. The summed E-state index contributed by atoms with van der Waals surface area (Å²) in [6.07, 6.45) is 0.726. The molecule has 0 spiro atoms. The van der Waals surface area contributed by atoms with Crippen molar-refractivity contribution in [3.63, 3.8) is 0 Å². The summed E-state index contributed by atoms with van der Waals surface area (Å²) in [6, 6.07) is 5.33. The lowest BCUT2D eigenvalue weighted by Crippen LogP contribution is -2.29. The van der Waals surface area contributed by atoms with Crippen molar-refractivity contribution in [3.8, 4) is 0 Å². The number of fused-ring (bicyclic) bond motifs is 1. The van der Waals surface area contributed by atoms with E-state index in [0.717, 1.165) is 47.8 Å². The third-order valence-corrected chi connectivity index (χ3v) is 6.94. The molecule has 3 heterocycles. The molecule has 27 heavy (non-hydrogen) atoms. The maximum absolute atomic E-state index is 11.7. The molecular weight excluding hydrogens is 407 g/mol. The molecule has 6 nitrogen and oxygen atoms in total. The van der Waals surface area contributed by atoms with Gasteiger partial charge >= 0.3 is 6.09 Å². The van der Waals surface area contributed by atoms with Crippen LogP contribution in [0, 0.1) is 0 Å². The minimum absolute atomic E-state index is 0.0280. The number of carbonyl (C=O) groups is 1. The maximum atomic E-state index is 11.7. The molecule has 2 aromatic rings. The third kappa shape index (κ3) is 3.37. The Morgan fingerprint density at radius 2 is 2.22 bits per heavy atom. The molecule has 0 bridgehead atoms. The SMILES string of the molecule is Cn1nc([C@@H]2CCCN2C(=O)O)c2c1NCCSC2c1ccc(Cl)cc1Cl. The molecule has 0 radical (unpaired) electrons. The van der Waals surface area contributed by atoms with Gasteiger partial charge in [-0.05, 0) is 30.5 Å². The van der Waals surface area contributed by atoms with E-state index in [9.17, 15) is 9.90 Å². The summed E-state index contributed by atoms with van der Waals surface area (Å²) in [6.45, 7) is 1.35. The lowest BCUT2D eigenvalue weighted by atomic mass is 9.99. The molecule has 1 fully saturated rings. The van der Waals surface area contributed by atoms with Gasteiger partial charge in [-0.25, -0.2) is 4.79 Å². The Morgan fingerprint density at radius 1 is 1.41 bits per heavy atom. The largest absolute Gasteiger partial charge is 0.465 e. The number of rotatable bonds is 2. The van der Waals surface area contributed by atoms with Crippen LogP contribution in [0.25, 0.3) is 0 Å². The van der Waals surface area contributed by atoms with E-state index >= 15 is 0 Å². The van der Waals surface area contributed by atoms with E-state index in [4.69, 9.17) is 28.3 Å². The number of aryl methyl sites for hydroxylation is 1. The summed E-state index contributed by atoms with van der Waals surface area (Å²) in [4.78, 5) is 13.2. The highest BCUT2D eigenvalue weighted by Gasteiger charge is 2.38. The van der Waals surface area contributed by atoms with E-state index in [1.807, 2.05) is 23.9 Å². The van der Waals surface area contributed by atoms with Gasteiger partial charge in [0.1, 0.15) is 5.82 Å². The molecule has 1 unspecified atom stereocenters. The van der Waals surface area contributed by atoms with Crippen LogP contribution < -0.4 is 5.32 Å². The second-order valence-corrected chi connectivity index (χ2v) is 8.81. The molecule has 9 heteroatoms. The second-order valence-electron chi connectivity index (χ2n) is 6.75. The average molecular weight is 427 g/mol. The zero-order valence-corrected chi connectivity index (χ0v) is 17.1. The van der Waals surface area contributed by atoms with Crippen LogP contribution in [0.2, 0.25) is 10.0 Å². The van der Waals surface area contributed by atoms with Gasteiger partial charge in [0.15, 0.2) is 0 Å². The molecular formula is C18H20Cl2N4O2S. The zero-order valence-electron chi connectivity index (χ0n) is 14.8. The number of likely N-dealkylation sites (tertiary alicyclic amines) is 1. The number of amides is 1. The lowest BCUT2D eigenvalue weighted by molar-refractivity contribution is 0.139. The van der Waals surface area contributed by atoms with Crippen LogP contribution in [0.3, 0.4) is 0 Å². The van der Waals surface area contributed by atoms with E-state index < -0.39 is 6.09 Å². The molecule has 2 aliphatic rings. The van der Waals surface area contributed by atoms with Crippen molar-refractivity contribution in [1.29, 1.82) is 0 Å². The summed E-state index contributed by atoms with van der Waals surface area (Å²) >= 11 is 14.4. The monoisotopic (exact) mass is 426 g/mol. The number of nitrogens with one attached hydrogen (secondary N) is 1. The highest BCUT2D eigenvalue weighted by atomic mass is 35.5. The van der Waals surface area contributed by atoms with Gasteiger partial charge in [-0.1, -0.05) is 29.3 Å². The molecule has 0 saturated carbocycles. The van der Waals surface area contributed by atoms with Crippen molar-refractivity contribution >= 4 is 46.9 Å². The van der Waals surface area contributed by atoms with Gasteiger partial charge in [-0.2, -0.15) is 5.10 Å². The second kappa shape index (κ2) is 7.45.